The van der Waals surface area contributed by atoms with Gasteiger partial charge in [-0.1, -0.05) is 11.8 Å². The molecule has 5 N–H and O–H groups in total. The van der Waals surface area contributed by atoms with Crippen molar-refractivity contribution in [1.29, 1.82) is 0 Å². The zero-order valence-electron chi connectivity index (χ0n) is 29.5. The molecule has 0 spiro atoms. The Kier molecular flexibility index (Phi) is 13.5. The number of nitrogens with one attached hydrogen (secondary N) is 2. The van der Waals surface area contributed by atoms with Crippen LogP contribution in [0.5, 0.6) is 0 Å². The van der Waals surface area contributed by atoms with E-state index in [1.54, 1.807) is 11.3 Å². The highest BCUT2D eigenvalue weighted by Crippen LogP contribution is 2.65. The minimum atomic E-state index is -5.80. The maximum Gasteiger partial charge on any atom is 0.487 e. The predicted molar refractivity (Wildman–Crippen MR) is 198 cm³/mol. The third-order valence-electron chi connectivity index (χ3n) is 8.00. The van der Waals surface area contributed by atoms with E-state index >= 15 is 0 Å². The number of amides is 1. The van der Waals surface area contributed by atoms with Crippen LogP contribution in [0.2, 0.25) is 0 Å². The highest BCUT2D eigenvalue weighted by atomic mass is 32.1. The summed E-state index contributed by atoms with van der Waals surface area (Å²) in [6, 6.07) is 12.2. The lowest BCUT2D eigenvalue weighted by atomic mass is 10.2. The summed E-state index contributed by atoms with van der Waals surface area (Å²) >= 11 is 1.67. The molecule has 1 saturated heterocycles. The molecule has 0 radical (unpaired) electrons. The topological polar surface area (TPSA) is 275 Å². The molecule has 1 amide bonds. The Labute approximate surface area is 316 Å². The van der Waals surface area contributed by atoms with Crippen LogP contribution in [0.4, 0.5) is 5.69 Å². The quantitative estimate of drug-likeness (QED) is 0.0514. The molecule has 0 saturated carbocycles. The van der Waals surface area contributed by atoms with Crippen molar-refractivity contribution in [3.63, 3.8) is 0 Å². The Balaban J connectivity index is 1.09. The predicted octanol–water partition coefficient (Wildman–Crippen LogP) is 1.06. The number of carbonyl (C=O) groups is 1. The van der Waals surface area contributed by atoms with Crippen LogP contribution >= 0.6 is 34.8 Å². The fraction of sp³-hybridized carbons (Fsp3) is 0.387. The molecule has 55 heavy (non-hydrogen) atoms. The maximum absolute atomic E-state index is 12.5. The molecular weight excluding hydrogens is 805 g/mol. The van der Waals surface area contributed by atoms with Crippen molar-refractivity contribution >= 4 is 56.6 Å². The molecular formula is C31H37N6O14P3S. The fourth-order valence-corrected chi connectivity index (χ4v) is 9.42. The van der Waals surface area contributed by atoms with Crippen LogP contribution in [0.25, 0.3) is 20.8 Å². The number of hydrogen-bond acceptors (Lipinski definition) is 14. The molecule has 3 unspecified atom stereocenters. The molecule has 1 fully saturated rings. The normalized spacial score (nSPS) is 18.8. The number of aromatic nitrogens is 3. The van der Waals surface area contributed by atoms with E-state index in [9.17, 15) is 42.8 Å². The average Bonchev–Trinajstić information content (AvgIpc) is 3.56. The summed E-state index contributed by atoms with van der Waals surface area (Å²) in [5.41, 5.74) is 1.10. The number of rotatable bonds is 14. The van der Waals surface area contributed by atoms with Gasteiger partial charge in [-0.15, -0.1) is 11.3 Å². The lowest BCUT2D eigenvalue weighted by Crippen LogP contribution is -2.33. The molecule has 2 aromatic rings. The van der Waals surface area contributed by atoms with Crippen LogP contribution in [0.3, 0.4) is 0 Å². The molecule has 3 heterocycles. The van der Waals surface area contributed by atoms with E-state index in [0.29, 0.717) is 13.0 Å². The third-order valence-corrected chi connectivity index (χ3v) is 12.9. The molecule has 3 aliphatic rings. The van der Waals surface area contributed by atoms with Crippen LogP contribution in [-0.2, 0) is 36.4 Å². The van der Waals surface area contributed by atoms with E-state index in [-0.39, 0.29) is 37.3 Å². The summed E-state index contributed by atoms with van der Waals surface area (Å²) in [6.07, 6.45) is 0.317. The number of benzene rings is 2. The molecule has 2 aliphatic heterocycles. The summed E-state index contributed by atoms with van der Waals surface area (Å²) in [5.74, 6) is 5.05. The number of aromatic amines is 1. The average molecular weight is 843 g/mol. The van der Waals surface area contributed by atoms with Crippen molar-refractivity contribution in [3.05, 3.63) is 74.4 Å². The number of nitrogens with zero attached hydrogens (tertiary/aromatic N) is 4. The molecule has 1 aromatic heterocycles. The summed E-state index contributed by atoms with van der Waals surface area (Å²) in [4.78, 5) is 85.5. The molecule has 0 bridgehead atoms. The Morgan fingerprint density at radius 2 is 1.91 bits per heavy atom. The summed E-state index contributed by atoms with van der Waals surface area (Å²) in [6.45, 7) is -0.177. The zero-order valence-corrected chi connectivity index (χ0v) is 33.0. The number of hydrogen-bond donors (Lipinski definition) is 5. The lowest BCUT2D eigenvalue weighted by molar-refractivity contribution is -0.212. The van der Waals surface area contributed by atoms with Crippen molar-refractivity contribution in [2.24, 2.45) is 0 Å². The standard InChI is InChI=1S/C31H37N6O14P3S/c1-35(2)21-8-11-24-26(16-21)55-27-17-22(9-12-25(27)33-24)36(3)15-5-7-28(38)32-14-4-6-20-18-37(31(40)34-30(20)39)29-13-10-23(49-29)19-48-53(44,45)51-54(46,47)50-52(41,42)43/h8-9,11-12,16-18,23,29H,5,7,10,13-15,19H2,1-3H3,(H5-,32,34,38,39,40,41,42,43,44,45,46,47)/t23-,29+/m0/s1. The van der Waals surface area contributed by atoms with E-state index in [1.165, 1.54) is 0 Å². The van der Waals surface area contributed by atoms with E-state index in [1.807, 2.05) is 50.0 Å². The largest absolute Gasteiger partial charge is 0.756 e. The third kappa shape index (κ3) is 12.1. The van der Waals surface area contributed by atoms with E-state index in [0.717, 1.165) is 42.6 Å². The SMILES string of the molecule is CN(CCCC(=O)NCC#Cc1cn([C@H]2CC[C@@H](COP(=O)(O)OP(=O)(O)OP(=O)([O-])O)O2)c(=O)[nH]c1=O)c1ccc2nc3ccc(=[N+](C)C)cc-3sc2c1. The smallest absolute Gasteiger partial charge is 0.487 e. The van der Waals surface area contributed by atoms with Gasteiger partial charge in [-0.3, -0.25) is 28.2 Å². The van der Waals surface area contributed by atoms with Crippen molar-refractivity contribution in [3.8, 4) is 22.4 Å². The lowest BCUT2D eigenvalue weighted by Gasteiger charge is -2.21. The summed E-state index contributed by atoms with van der Waals surface area (Å²) in [5, 5.41) is 3.77. The van der Waals surface area contributed by atoms with Gasteiger partial charge in [0.25, 0.3) is 13.4 Å². The first kappa shape index (κ1) is 42.3. The van der Waals surface area contributed by atoms with Gasteiger partial charge in [0, 0.05) is 44.0 Å². The summed E-state index contributed by atoms with van der Waals surface area (Å²) in [7, 11) is -11.0. The summed E-state index contributed by atoms with van der Waals surface area (Å²) < 4.78 is 55.6. The second-order valence-corrected chi connectivity index (χ2v) is 17.8. The minimum absolute atomic E-state index is 0.0745. The molecule has 24 heteroatoms. The van der Waals surface area contributed by atoms with Crippen LogP contribution in [0.15, 0.2) is 52.2 Å². The van der Waals surface area contributed by atoms with E-state index in [4.69, 9.17) is 14.6 Å². The fourth-order valence-electron chi connectivity index (χ4n) is 5.37. The number of H-pyrrole nitrogens is 1. The number of carbonyl (C=O) groups excluding carboxylic acids is 1. The number of ether oxygens (including phenoxy) is 1. The van der Waals surface area contributed by atoms with Crippen molar-refractivity contribution in [2.45, 2.75) is 38.0 Å². The van der Waals surface area contributed by atoms with E-state index in [2.05, 4.69) is 52.3 Å². The molecule has 20 nitrogen and oxygen atoms in total. The van der Waals surface area contributed by atoms with Gasteiger partial charge in [0.1, 0.15) is 25.9 Å². The van der Waals surface area contributed by atoms with Gasteiger partial charge in [-0.2, -0.15) is 4.31 Å². The van der Waals surface area contributed by atoms with Gasteiger partial charge in [0.05, 0.1) is 40.0 Å². The maximum atomic E-state index is 12.5. The van der Waals surface area contributed by atoms with E-state index < -0.39 is 53.7 Å². The Hall–Kier alpha value is -3.86. The second-order valence-electron chi connectivity index (χ2n) is 12.4. The van der Waals surface area contributed by atoms with Crippen molar-refractivity contribution < 1.29 is 55.9 Å². The second kappa shape index (κ2) is 17.5. The van der Waals surface area contributed by atoms with Crippen LogP contribution in [0.1, 0.15) is 37.5 Å². The monoisotopic (exact) mass is 842 g/mol. The molecule has 1 aliphatic carbocycles. The zero-order chi connectivity index (χ0) is 40.1. The Bertz CT molecular complexity index is 2450. The van der Waals surface area contributed by atoms with Crippen LogP contribution in [0, 0.1) is 11.8 Å². The van der Waals surface area contributed by atoms with Gasteiger partial charge >= 0.3 is 21.3 Å². The van der Waals surface area contributed by atoms with Gasteiger partial charge in [0.2, 0.25) is 11.3 Å². The number of phosphoric acid groups is 3. The number of fused-ring (bicyclic) bond motifs is 2. The highest BCUT2D eigenvalue weighted by molar-refractivity contribution is 7.66. The van der Waals surface area contributed by atoms with Crippen LogP contribution in [-0.4, -0.2) is 82.1 Å². The molecule has 5 atom stereocenters. The first-order valence-corrected chi connectivity index (χ1v) is 21.7. The first-order chi connectivity index (χ1) is 25.8. The van der Waals surface area contributed by atoms with Crippen molar-refractivity contribution in [2.75, 3.05) is 45.7 Å². The minimum Gasteiger partial charge on any atom is -0.756 e. The van der Waals surface area contributed by atoms with Gasteiger partial charge in [-0.25, -0.2) is 27.8 Å². The molecule has 296 valence electrons. The number of phosphoric ester groups is 1. The Morgan fingerprint density at radius 1 is 1.15 bits per heavy atom. The Morgan fingerprint density at radius 3 is 2.64 bits per heavy atom. The van der Waals surface area contributed by atoms with Crippen LogP contribution < -0.4 is 36.3 Å². The molecule has 5 rings (SSSR count). The number of anilines is 1. The van der Waals surface area contributed by atoms with Gasteiger partial charge < -0.3 is 34.5 Å². The molecule has 1 aromatic carbocycles. The van der Waals surface area contributed by atoms with Gasteiger partial charge in [0.15, 0.2) is 0 Å². The van der Waals surface area contributed by atoms with Gasteiger partial charge in [-0.05, 0) is 43.5 Å². The highest BCUT2D eigenvalue weighted by Gasteiger charge is 2.39. The first-order valence-electron chi connectivity index (χ1n) is 16.4. The van der Waals surface area contributed by atoms with Crippen molar-refractivity contribution in [1.82, 2.24) is 24.4 Å².